The van der Waals surface area contributed by atoms with Crippen molar-refractivity contribution in [2.45, 2.75) is 6.29 Å². The summed E-state index contributed by atoms with van der Waals surface area (Å²) in [6.45, 7) is 0. The molecule has 1 aliphatic rings. The Morgan fingerprint density at radius 2 is 2.00 bits per heavy atom. The van der Waals surface area contributed by atoms with Crippen LogP contribution in [-0.4, -0.2) is 12.2 Å². The van der Waals surface area contributed by atoms with Crippen LogP contribution in [0, 0.1) is 0 Å². The fourth-order valence-electron chi connectivity index (χ4n) is 0.344. The van der Waals surface area contributed by atoms with E-state index < -0.39 is 0 Å². The normalized spacial score (nSPS) is 19.0. The van der Waals surface area contributed by atoms with Crippen LogP contribution < -0.4 is 0 Å². The highest BCUT2D eigenvalue weighted by atomic mass is 35.5. The van der Waals surface area contributed by atoms with Gasteiger partial charge in [-0.3, -0.25) is 0 Å². The Bertz CT molecular complexity index is 73.8. The van der Waals surface area contributed by atoms with E-state index in [2.05, 4.69) is 0 Å². The molecule has 0 bridgehead atoms. The lowest BCUT2D eigenvalue weighted by Crippen LogP contribution is -2.07. The van der Waals surface area contributed by atoms with E-state index in [1.54, 1.807) is 0 Å². The molecule has 0 amide bonds. The van der Waals surface area contributed by atoms with Crippen LogP contribution in [0.3, 0.4) is 0 Å². The van der Waals surface area contributed by atoms with Crippen molar-refractivity contribution < 1.29 is 9.47 Å². The molecule has 0 aliphatic carbocycles. The van der Waals surface area contributed by atoms with Crippen molar-refractivity contribution in [3.63, 3.8) is 0 Å². The highest BCUT2D eigenvalue weighted by molar-refractivity contribution is 6.18. The lowest BCUT2D eigenvalue weighted by molar-refractivity contribution is -0.00265. The molecular formula is C4H5ClO2. The maximum Gasteiger partial charge on any atom is 0.253 e. The summed E-state index contributed by atoms with van der Waals surface area (Å²) >= 11 is 5.32. The fourth-order valence-corrected chi connectivity index (χ4v) is 0.490. The Morgan fingerprint density at radius 3 is 2.29 bits per heavy atom. The molecule has 0 fully saturated rings. The van der Waals surface area contributed by atoms with Gasteiger partial charge in [0.2, 0.25) is 0 Å². The maximum atomic E-state index is 5.32. The van der Waals surface area contributed by atoms with E-state index in [1.165, 1.54) is 12.5 Å². The zero-order valence-corrected chi connectivity index (χ0v) is 4.39. The van der Waals surface area contributed by atoms with Gasteiger partial charge in [-0.2, -0.15) is 0 Å². The van der Waals surface area contributed by atoms with Gasteiger partial charge in [-0.15, -0.1) is 11.6 Å². The molecule has 0 N–H and O–H groups in total. The summed E-state index contributed by atoms with van der Waals surface area (Å²) in [4.78, 5) is 0. The van der Waals surface area contributed by atoms with Crippen LogP contribution in [0.1, 0.15) is 0 Å². The molecule has 1 aliphatic heterocycles. The molecule has 0 saturated carbocycles. The molecule has 3 heteroatoms. The van der Waals surface area contributed by atoms with E-state index in [1.807, 2.05) is 0 Å². The number of hydrogen-bond donors (Lipinski definition) is 0. The van der Waals surface area contributed by atoms with Crippen LogP contribution >= 0.6 is 11.6 Å². The van der Waals surface area contributed by atoms with E-state index in [4.69, 9.17) is 21.1 Å². The van der Waals surface area contributed by atoms with Gasteiger partial charge in [-0.1, -0.05) is 0 Å². The van der Waals surface area contributed by atoms with E-state index in [0.717, 1.165) is 0 Å². The highest BCUT2D eigenvalue weighted by Gasteiger charge is 2.07. The summed E-state index contributed by atoms with van der Waals surface area (Å²) in [5.41, 5.74) is 0. The van der Waals surface area contributed by atoms with Crippen molar-refractivity contribution in [2.24, 2.45) is 0 Å². The Hall–Kier alpha value is -0.370. The van der Waals surface area contributed by atoms with Gasteiger partial charge in [-0.05, 0) is 0 Å². The quantitative estimate of drug-likeness (QED) is 0.482. The third-order valence-electron chi connectivity index (χ3n) is 0.642. The van der Waals surface area contributed by atoms with Crippen molar-refractivity contribution in [3.8, 4) is 0 Å². The summed E-state index contributed by atoms with van der Waals surface area (Å²) in [6, 6.07) is 0. The van der Waals surface area contributed by atoms with Crippen molar-refractivity contribution >= 4 is 11.6 Å². The summed E-state index contributed by atoms with van der Waals surface area (Å²) in [7, 11) is 0. The van der Waals surface area contributed by atoms with Gasteiger partial charge >= 0.3 is 0 Å². The van der Waals surface area contributed by atoms with Gasteiger partial charge in [-0.25, -0.2) is 0 Å². The zero-order chi connectivity index (χ0) is 5.11. The minimum Gasteiger partial charge on any atom is -0.458 e. The van der Waals surface area contributed by atoms with Crippen LogP contribution in [0.25, 0.3) is 0 Å². The number of rotatable bonds is 1. The minimum absolute atomic E-state index is 0.248. The number of alkyl halides is 1. The summed E-state index contributed by atoms with van der Waals surface area (Å²) in [5, 5.41) is 0. The molecule has 0 atom stereocenters. The number of halogens is 1. The second kappa shape index (κ2) is 2.07. The highest BCUT2D eigenvalue weighted by Crippen LogP contribution is 2.05. The van der Waals surface area contributed by atoms with Crippen LogP contribution in [0.4, 0.5) is 0 Å². The third-order valence-corrected chi connectivity index (χ3v) is 0.894. The fraction of sp³-hybridized carbons (Fsp3) is 0.500. The molecule has 0 radical (unpaired) electrons. The maximum absolute atomic E-state index is 5.32. The van der Waals surface area contributed by atoms with E-state index >= 15 is 0 Å². The van der Waals surface area contributed by atoms with Crippen LogP contribution in [0.15, 0.2) is 12.5 Å². The lowest BCUT2D eigenvalue weighted by Gasteiger charge is -2.02. The van der Waals surface area contributed by atoms with Crippen LogP contribution in [0.2, 0.25) is 0 Å². The van der Waals surface area contributed by atoms with Gasteiger partial charge in [0.1, 0.15) is 12.5 Å². The molecule has 0 unspecified atom stereocenters. The molecule has 2 nitrogen and oxygen atoms in total. The van der Waals surface area contributed by atoms with Crippen molar-refractivity contribution in [3.05, 3.63) is 12.5 Å². The average molecular weight is 121 g/mol. The average Bonchev–Trinajstić information content (AvgIpc) is 2.14. The molecule has 0 aromatic rings. The topological polar surface area (TPSA) is 18.5 Å². The first-order valence-corrected chi connectivity index (χ1v) is 2.49. The first-order chi connectivity index (χ1) is 3.43. The second-order valence-electron chi connectivity index (χ2n) is 1.13. The van der Waals surface area contributed by atoms with E-state index in [0.29, 0.717) is 5.88 Å². The molecule has 40 valence electrons. The smallest absolute Gasteiger partial charge is 0.253 e. The van der Waals surface area contributed by atoms with E-state index in [9.17, 15) is 0 Å². The van der Waals surface area contributed by atoms with Gasteiger partial charge < -0.3 is 9.47 Å². The molecule has 7 heavy (non-hydrogen) atoms. The van der Waals surface area contributed by atoms with Gasteiger partial charge in [0, 0.05) is 0 Å². The first-order valence-electron chi connectivity index (χ1n) is 1.95. The van der Waals surface area contributed by atoms with Gasteiger partial charge in [0.05, 0.1) is 5.88 Å². The Morgan fingerprint density at radius 1 is 1.43 bits per heavy atom. The van der Waals surface area contributed by atoms with Crippen molar-refractivity contribution in [1.29, 1.82) is 0 Å². The Kier molecular flexibility index (Phi) is 1.42. The van der Waals surface area contributed by atoms with Crippen molar-refractivity contribution in [1.82, 2.24) is 0 Å². The SMILES string of the molecule is ClCC1OC=CO1. The second-order valence-corrected chi connectivity index (χ2v) is 1.44. The Labute approximate surface area is 46.7 Å². The van der Waals surface area contributed by atoms with Gasteiger partial charge in [0.25, 0.3) is 6.29 Å². The summed E-state index contributed by atoms with van der Waals surface area (Å²) in [6.07, 6.45) is 2.71. The number of hydrogen-bond acceptors (Lipinski definition) is 2. The molecule has 0 spiro atoms. The molecule has 0 aromatic heterocycles. The van der Waals surface area contributed by atoms with Crippen molar-refractivity contribution in [2.75, 3.05) is 5.88 Å². The standard InChI is InChI=1S/C4H5ClO2/c5-3-4-6-1-2-7-4/h1-2,4H,3H2. The predicted molar refractivity (Wildman–Crippen MR) is 25.8 cm³/mol. The Balaban J connectivity index is 2.22. The van der Waals surface area contributed by atoms with Gasteiger partial charge in [0.15, 0.2) is 0 Å². The number of ether oxygens (including phenoxy) is 2. The first kappa shape index (κ1) is 4.78. The molecule has 0 saturated heterocycles. The van der Waals surface area contributed by atoms with Crippen LogP contribution in [-0.2, 0) is 9.47 Å². The predicted octanol–water partition coefficient (Wildman–Crippen LogP) is 1.07. The monoisotopic (exact) mass is 120 g/mol. The molecule has 1 heterocycles. The van der Waals surface area contributed by atoms with E-state index in [-0.39, 0.29) is 6.29 Å². The minimum atomic E-state index is -0.248. The summed E-state index contributed by atoms with van der Waals surface area (Å²) in [5.74, 6) is 0.382. The molecule has 0 aromatic carbocycles. The third kappa shape index (κ3) is 0.996. The molecule has 1 rings (SSSR count). The summed E-state index contributed by atoms with van der Waals surface area (Å²) < 4.78 is 9.53. The van der Waals surface area contributed by atoms with Crippen LogP contribution in [0.5, 0.6) is 0 Å². The largest absolute Gasteiger partial charge is 0.458 e. The zero-order valence-electron chi connectivity index (χ0n) is 3.63. The molecular weight excluding hydrogens is 115 g/mol. The lowest BCUT2D eigenvalue weighted by atomic mass is 10.8.